The normalized spacial score (nSPS) is 14.6. The number of likely N-dealkylation sites (tertiary alicyclic amines) is 1. The number of para-hydroxylation sites is 1. The van der Waals surface area contributed by atoms with Gasteiger partial charge in [-0.15, -0.1) is 0 Å². The third kappa shape index (κ3) is 6.04. The smallest absolute Gasteiger partial charge is 0.311 e. The van der Waals surface area contributed by atoms with E-state index in [1.54, 1.807) is 30.3 Å². The van der Waals surface area contributed by atoms with Crippen molar-refractivity contribution >= 4 is 23.8 Å². The summed E-state index contributed by atoms with van der Waals surface area (Å²) in [5, 5.41) is 7.48. The molecule has 0 radical (unpaired) electrons. The number of hydrogen-bond donors (Lipinski definition) is 2. The lowest BCUT2D eigenvalue weighted by molar-refractivity contribution is -0.134. The molecule has 1 aliphatic rings. The molecular formula is C24H27N3O3. The fourth-order valence-electron chi connectivity index (χ4n) is 3.54. The van der Waals surface area contributed by atoms with E-state index in [-0.39, 0.29) is 23.5 Å². The lowest BCUT2D eigenvalue weighted by atomic mass is 9.92. The first-order valence-electron chi connectivity index (χ1n) is 10.2. The molecule has 0 amide bonds. The Morgan fingerprint density at radius 1 is 1.07 bits per heavy atom. The van der Waals surface area contributed by atoms with Crippen LogP contribution in [-0.4, -0.2) is 35.7 Å². The number of piperidine rings is 1. The summed E-state index contributed by atoms with van der Waals surface area (Å²) in [7, 11) is 0. The van der Waals surface area contributed by atoms with Gasteiger partial charge in [-0.3, -0.25) is 15.0 Å². The van der Waals surface area contributed by atoms with Gasteiger partial charge >= 0.3 is 5.97 Å². The second kappa shape index (κ2) is 10.4. The molecule has 30 heavy (non-hydrogen) atoms. The van der Waals surface area contributed by atoms with Crippen molar-refractivity contribution in [3.63, 3.8) is 0 Å². The van der Waals surface area contributed by atoms with Crippen LogP contribution < -0.4 is 10.5 Å². The number of hydrogen-bond acceptors (Lipinski definition) is 4. The van der Waals surface area contributed by atoms with E-state index in [9.17, 15) is 9.59 Å². The van der Waals surface area contributed by atoms with Crippen LogP contribution in [0.2, 0.25) is 0 Å². The minimum Gasteiger partial charge on any atom is -0.426 e. The number of carbonyl (C=O) groups is 2. The second-order valence-electron chi connectivity index (χ2n) is 7.43. The quantitative estimate of drug-likeness (QED) is 0.182. The lowest BCUT2D eigenvalue weighted by Gasteiger charge is -2.31. The largest absolute Gasteiger partial charge is 0.426 e. The van der Waals surface area contributed by atoms with Crippen molar-refractivity contribution < 1.29 is 14.3 Å². The van der Waals surface area contributed by atoms with Crippen molar-refractivity contribution in [1.29, 1.82) is 5.41 Å². The molecule has 0 unspecified atom stereocenters. The van der Waals surface area contributed by atoms with Crippen LogP contribution in [0.5, 0.6) is 5.75 Å². The van der Waals surface area contributed by atoms with E-state index < -0.39 is 0 Å². The highest BCUT2D eigenvalue weighted by Crippen LogP contribution is 2.24. The van der Waals surface area contributed by atoms with Crippen molar-refractivity contribution in [2.45, 2.75) is 25.7 Å². The van der Waals surface area contributed by atoms with E-state index in [2.05, 4.69) is 0 Å². The number of nitrogens with one attached hydrogen (secondary N) is 1. The number of benzene rings is 2. The molecule has 1 aliphatic heterocycles. The Morgan fingerprint density at radius 3 is 2.43 bits per heavy atom. The van der Waals surface area contributed by atoms with E-state index >= 15 is 0 Å². The van der Waals surface area contributed by atoms with Crippen molar-refractivity contribution in [2.24, 2.45) is 11.7 Å². The molecule has 1 fully saturated rings. The molecule has 2 aromatic carbocycles. The summed E-state index contributed by atoms with van der Waals surface area (Å²) in [6.07, 6.45) is 6.08. The Balaban J connectivity index is 1.54. The van der Waals surface area contributed by atoms with Gasteiger partial charge in [-0.25, -0.2) is 0 Å². The number of ketones is 1. The highest BCUT2D eigenvalue weighted by atomic mass is 16.5. The molecule has 0 atom stereocenters. The molecule has 0 aromatic heterocycles. The monoisotopic (exact) mass is 405 g/mol. The number of ether oxygens (including phenoxy) is 1. The fraction of sp³-hybridized carbons (Fsp3) is 0.292. The first kappa shape index (κ1) is 21.3. The summed E-state index contributed by atoms with van der Waals surface area (Å²) in [5.41, 5.74) is 6.81. The third-order valence-corrected chi connectivity index (χ3v) is 5.31. The standard InChI is InChI=1S/C24H27N3O3/c25-24(26)27-16-14-19(15-17-27)11-13-23(29)30-22-9-5-4-8-20(22)21(28)12-10-18-6-2-1-3-7-18/h1-10,12,19H,11,13-17H2,(H3,25,26)/b12-10+. The van der Waals surface area contributed by atoms with Gasteiger partial charge in [0, 0.05) is 19.5 Å². The van der Waals surface area contributed by atoms with Crippen LogP contribution in [0, 0.1) is 11.3 Å². The Hall–Kier alpha value is -3.41. The van der Waals surface area contributed by atoms with Crippen LogP contribution in [0.1, 0.15) is 41.6 Å². The molecular weight excluding hydrogens is 378 g/mol. The van der Waals surface area contributed by atoms with Gasteiger partial charge in [0.15, 0.2) is 11.7 Å². The lowest BCUT2D eigenvalue weighted by Crippen LogP contribution is -2.42. The van der Waals surface area contributed by atoms with Crippen LogP contribution >= 0.6 is 0 Å². The van der Waals surface area contributed by atoms with Crippen LogP contribution in [0.15, 0.2) is 60.7 Å². The molecule has 0 saturated carbocycles. The molecule has 0 aliphatic carbocycles. The van der Waals surface area contributed by atoms with Gasteiger partial charge in [-0.2, -0.15) is 0 Å². The molecule has 0 bridgehead atoms. The van der Waals surface area contributed by atoms with Gasteiger partial charge in [-0.1, -0.05) is 48.5 Å². The summed E-state index contributed by atoms with van der Waals surface area (Å²) < 4.78 is 5.51. The van der Waals surface area contributed by atoms with Gasteiger partial charge in [0.05, 0.1) is 5.56 Å². The molecule has 2 aromatic rings. The Kier molecular flexibility index (Phi) is 7.38. The van der Waals surface area contributed by atoms with Crippen LogP contribution in [0.3, 0.4) is 0 Å². The first-order valence-corrected chi connectivity index (χ1v) is 10.2. The van der Waals surface area contributed by atoms with Crippen LogP contribution in [0.4, 0.5) is 0 Å². The van der Waals surface area contributed by atoms with E-state index in [1.165, 1.54) is 6.08 Å². The summed E-state index contributed by atoms with van der Waals surface area (Å²) in [6.45, 7) is 1.50. The Bertz CT molecular complexity index is 916. The summed E-state index contributed by atoms with van der Waals surface area (Å²) in [4.78, 5) is 26.8. The molecule has 3 rings (SSSR count). The number of guanidine groups is 1. The predicted octanol–water partition coefficient (Wildman–Crippen LogP) is 3.87. The second-order valence-corrected chi connectivity index (χ2v) is 7.43. The van der Waals surface area contributed by atoms with E-state index in [4.69, 9.17) is 15.9 Å². The molecule has 6 heteroatoms. The Morgan fingerprint density at radius 2 is 1.73 bits per heavy atom. The number of carbonyl (C=O) groups excluding carboxylic acids is 2. The maximum atomic E-state index is 12.6. The van der Waals surface area contributed by atoms with Gasteiger partial charge in [0.25, 0.3) is 0 Å². The number of esters is 1. The van der Waals surface area contributed by atoms with Gasteiger partial charge in [0.2, 0.25) is 0 Å². The van der Waals surface area contributed by atoms with Gasteiger partial charge in [-0.05, 0) is 49.0 Å². The van der Waals surface area contributed by atoms with Crippen molar-refractivity contribution in [3.8, 4) is 5.75 Å². The number of nitrogens with zero attached hydrogens (tertiary/aromatic N) is 1. The van der Waals surface area contributed by atoms with E-state index in [0.29, 0.717) is 17.9 Å². The average molecular weight is 405 g/mol. The Labute approximate surface area is 176 Å². The average Bonchev–Trinajstić information content (AvgIpc) is 2.77. The highest BCUT2D eigenvalue weighted by Gasteiger charge is 2.21. The number of rotatable bonds is 7. The number of allylic oxidation sites excluding steroid dienone is 1. The first-order chi connectivity index (χ1) is 14.5. The zero-order valence-corrected chi connectivity index (χ0v) is 16.9. The summed E-state index contributed by atoms with van der Waals surface area (Å²) >= 11 is 0. The SMILES string of the molecule is N=C(N)N1CCC(CCC(=O)Oc2ccccc2C(=O)/C=C/c2ccccc2)CC1. The minimum atomic E-state index is -0.337. The molecule has 1 saturated heterocycles. The van der Waals surface area contributed by atoms with Gasteiger partial charge < -0.3 is 15.4 Å². The molecule has 156 valence electrons. The molecule has 6 nitrogen and oxygen atoms in total. The topological polar surface area (TPSA) is 96.5 Å². The third-order valence-electron chi connectivity index (χ3n) is 5.31. The number of nitrogens with two attached hydrogens (primary N) is 1. The molecule has 3 N–H and O–H groups in total. The molecule has 1 heterocycles. The van der Waals surface area contributed by atoms with Gasteiger partial charge in [0.1, 0.15) is 5.75 Å². The van der Waals surface area contributed by atoms with Crippen LogP contribution in [-0.2, 0) is 4.79 Å². The predicted molar refractivity (Wildman–Crippen MR) is 117 cm³/mol. The summed E-state index contributed by atoms with van der Waals surface area (Å²) in [6, 6.07) is 16.4. The fourth-order valence-corrected chi connectivity index (χ4v) is 3.54. The molecule has 0 spiro atoms. The summed E-state index contributed by atoms with van der Waals surface area (Å²) in [5.74, 6) is 0.265. The van der Waals surface area contributed by atoms with Crippen LogP contribution in [0.25, 0.3) is 6.08 Å². The highest BCUT2D eigenvalue weighted by molar-refractivity contribution is 6.08. The van der Waals surface area contributed by atoms with Crippen molar-refractivity contribution in [3.05, 3.63) is 71.8 Å². The zero-order valence-electron chi connectivity index (χ0n) is 16.9. The maximum Gasteiger partial charge on any atom is 0.311 e. The van der Waals surface area contributed by atoms with Crippen molar-refractivity contribution in [2.75, 3.05) is 13.1 Å². The van der Waals surface area contributed by atoms with E-state index in [1.807, 2.05) is 35.2 Å². The minimum absolute atomic E-state index is 0.107. The van der Waals surface area contributed by atoms with Crippen molar-refractivity contribution in [1.82, 2.24) is 4.90 Å². The maximum absolute atomic E-state index is 12.6. The van der Waals surface area contributed by atoms with E-state index in [0.717, 1.165) is 37.9 Å². The zero-order chi connectivity index (χ0) is 21.3.